The molecule has 0 radical (unpaired) electrons. The lowest BCUT2D eigenvalue weighted by atomic mass is 9.95. The van der Waals surface area contributed by atoms with Crippen LogP contribution in [0.3, 0.4) is 0 Å². The molecule has 1 aromatic carbocycles. The zero-order valence-corrected chi connectivity index (χ0v) is 11.9. The predicted molar refractivity (Wildman–Crippen MR) is 80.0 cm³/mol. The van der Waals surface area contributed by atoms with Crippen LogP contribution >= 0.6 is 0 Å². The average molecular weight is 281 g/mol. The van der Waals surface area contributed by atoms with E-state index in [0.717, 1.165) is 42.6 Å². The van der Waals surface area contributed by atoms with E-state index in [1.807, 2.05) is 13.0 Å². The third-order valence-corrected chi connectivity index (χ3v) is 3.86. The number of nitrogens with one attached hydrogen (secondary N) is 1. The van der Waals surface area contributed by atoms with Crippen molar-refractivity contribution >= 4 is 11.5 Å². The van der Waals surface area contributed by atoms with Gasteiger partial charge in [0.15, 0.2) is 0 Å². The molecule has 4 heteroatoms. The standard InChI is InChI=1S/C17H16FN3/c1-11-8-14(18)6-7-15(11)20-17-13(10-19)9-12-4-2-3-5-16(12)21-17/h6-9H,2-5H2,1H3,(H,20,21). The van der Waals surface area contributed by atoms with Gasteiger partial charge in [-0.3, -0.25) is 0 Å². The lowest BCUT2D eigenvalue weighted by molar-refractivity contribution is 0.627. The van der Waals surface area contributed by atoms with E-state index in [9.17, 15) is 9.65 Å². The number of aromatic nitrogens is 1. The van der Waals surface area contributed by atoms with Crippen LogP contribution in [0.4, 0.5) is 15.9 Å². The first-order valence-corrected chi connectivity index (χ1v) is 7.13. The normalized spacial score (nSPS) is 13.4. The largest absolute Gasteiger partial charge is 0.339 e. The monoisotopic (exact) mass is 281 g/mol. The molecule has 0 atom stereocenters. The van der Waals surface area contributed by atoms with Crippen molar-refractivity contribution in [3.63, 3.8) is 0 Å². The Morgan fingerprint density at radius 3 is 2.81 bits per heavy atom. The Morgan fingerprint density at radius 1 is 1.24 bits per heavy atom. The second kappa shape index (κ2) is 5.53. The summed E-state index contributed by atoms with van der Waals surface area (Å²) in [6, 6.07) is 8.67. The maximum atomic E-state index is 13.2. The van der Waals surface area contributed by atoms with Gasteiger partial charge in [-0.2, -0.15) is 5.26 Å². The van der Waals surface area contributed by atoms with Crippen LogP contribution in [0.5, 0.6) is 0 Å². The molecule has 3 rings (SSSR count). The number of benzene rings is 1. The third-order valence-electron chi connectivity index (χ3n) is 3.86. The van der Waals surface area contributed by atoms with Gasteiger partial charge in [0.2, 0.25) is 0 Å². The molecular formula is C17H16FN3. The summed E-state index contributed by atoms with van der Waals surface area (Å²) >= 11 is 0. The highest BCUT2D eigenvalue weighted by atomic mass is 19.1. The summed E-state index contributed by atoms with van der Waals surface area (Å²) in [6.07, 6.45) is 4.25. The maximum Gasteiger partial charge on any atom is 0.148 e. The number of rotatable bonds is 2. The summed E-state index contributed by atoms with van der Waals surface area (Å²) in [5, 5.41) is 12.5. The fourth-order valence-corrected chi connectivity index (χ4v) is 2.71. The minimum absolute atomic E-state index is 0.267. The van der Waals surface area contributed by atoms with Crippen LogP contribution in [0.1, 0.15) is 35.2 Å². The predicted octanol–water partition coefficient (Wildman–Crippen LogP) is 4.02. The van der Waals surface area contributed by atoms with Gasteiger partial charge in [0.25, 0.3) is 0 Å². The Kier molecular flexibility index (Phi) is 3.57. The molecule has 21 heavy (non-hydrogen) atoms. The van der Waals surface area contributed by atoms with Crippen molar-refractivity contribution in [2.24, 2.45) is 0 Å². The van der Waals surface area contributed by atoms with Gasteiger partial charge in [-0.15, -0.1) is 0 Å². The van der Waals surface area contributed by atoms with E-state index < -0.39 is 0 Å². The van der Waals surface area contributed by atoms with Gasteiger partial charge in [-0.05, 0) is 68.0 Å². The summed E-state index contributed by atoms with van der Waals surface area (Å²) < 4.78 is 13.2. The van der Waals surface area contributed by atoms with Crippen LogP contribution in [0.2, 0.25) is 0 Å². The highest BCUT2D eigenvalue weighted by Crippen LogP contribution is 2.27. The molecule has 1 aromatic heterocycles. The molecule has 0 fully saturated rings. The highest BCUT2D eigenvalue weighted by Gasteiger charge is 2.15. The summed E-state index contributed by atoms with van der Waals surface area (Å²) in [5.74, 6) is 0.296. The number of fused-ring (bicyclic) bond motifs is 1. The smallest absolute Gasteiger partial charge is 0.148 e. The fourth-order valence-electron chi connectivity index (χ4n) is 2.71. The molecule has 0 unspecified atom stereocenters. The molecule has 0 aliphatic heterocycles. The van der Waals surface area contributed by atoms with Gasteiger partial charge >= 0.3 is 0 Å². The van der Waals surface area contributed by atoms with Crippen molar-refractivity contribution in [2.45, 2.75) is 32.6 Å². The van der Waals surface area contributed by atoms with Crippen LogP contribution in [0.15, 0.2) is 24.3 Å². The minimum atomic E-state index is -0.267. The number of halogens is 1. The van der Waals surface area contributed by atoms with Gasteiger partial charge in [0, 0.05) is 11.4 Å². The van der Waals surface area contributed by atoms with E-state index in [0.29, 0.717) is 11.4 Å². The minimum Gasteiger partial charge on any atom is -0.339 e. The van der Waals surface area contributed by atoms with Crippen LogP contribution in [0.25, 0.3) is 0 Å². The molecule has 1 N–H and O–H groups in total. The topological polar surface area (TPSA) is 48.7 Å². The zero-order chi connectivity index (χ0) is 14.8. The third kappa shape index (κ3) is 2.73. The summed E-state index contributed by atoms with van der Waals surface area (Å²) in [5.41, 5.74) is 4.36. The van der Waals surface area contributed by atoms with E-state index in [-0.39, 0.29) is 5.82 Å². The Hall–Kier alpha value is -2.41. The molecule has 1 heterocycles. The van der Waals surface area contributed by atoms with E-state index in [4.69, 9.17) is 0 Å². The van der Waals surface area contributed by atoms with Crippen LogP contribution in [0, 0.1) is 24.1 Å². The number of nitrogens with zero attached hydrogens (tertiary/aromatic N) is 2. The van der Waals surface area contributed by atoms with Gasteiger partial charge in [0.1, 0.15) is 17.7 Å². The second-order valence-electron chi connectivity index (χ2n) is 5.39. The van der Waals surface area contributed by atoms with E-state index in [1.54, 1.807) is 6.07 Å². The molecule has 3 nitrogen and oxygen atoms in total. The molecule has 0 saturated carbocycles. The van der Waals surface area contributed by atoms with Crippen molar-refractivity contribution in [1.29, 1.82) is 5.26 Å². The molecule has 2 aromatic rings. The Balaban J connectivity index is 1.99. The Labute approximate surface area is 123 Å². The summed E-state index contributed by atoms with van der Waals surface area (Å²) in [7, 11) is 0. The van der Waals surface area contributed by atoms with Crippen LogP contribution in [-0.2, 0) is 12.8 Å². The lowest BCUT2D eigenvalue weighted by Crippen LogP contribution is -2.09. The van der Waals surface area contributed by atoms with E-state index >= 15 is 0 Å². The van der Waals surface area contributed by atoms with Gasteiger partial charge in [0.05, 0.1) is 5.56 Å². The Morgan fingerprint density at radius 2 is 2.05 bits per heavy atom. The van der Waals surface area contributed by atoms with E-state index in [2.05, 4.69) is 16.4 Å². The number of anilines is 2. The van der Waals surface area contributed by atoms with Crippen molar-refractivity contribution in [1.82, 2.24) is 4.98 Å². The quantitative estimate of drug-likeness (QED) is 0.904. The molecular weight excluding hydrogens is 265 g/mol. The maximum absolute atomic E-state index is 13.2. The fraction of sp³-hybridized carbons (Fsp3) is 0.294. The first-order chi connectivity index (χ1) is 10.2. The van der Waals surface area contributed by atoms with Crippen LogP contribution in [-0.4, -0.2) is 4.98 Å². The molecule has 1 aliphatic rings. The van der Waals surface area contributed by atoms with E-state index in [1.165, 1.54) is 17.7 Å². The first-order valence-electron chi connectivity index (χ1n) is 7.13. The van der Waals surface area contributed by atoms with Gasteiger partial charge in [-0.25, -0.2) is 9.37 Å². The number of aryl methyl sites for hydroxylation is 3. The van der Waals surface area contributed by atoms with Gasteiger partial charge < -0.3 is 5.32 Å². The number of hydrogen-bond donors (Lipinski definition) is 1. The number of hydrogen-bond acceptors (Lipinski definition) is 3. The first kappa shape index (κ1) is 13.6. The van der Waals surface area contributed by atoms with Crippen molar-refractivity contribution in [3.05, 3.63) is 52.5 Å². The molecule has 0 spiro atoms. The SMILES string of the molecule is Cc1cc(F)ccc1Nc1nc2c(cc1C#N)CCCC2. The number of pyridine rings is 1. The van der Waals surface area contributed by atoms with Crippen molar-refractivity contribution in [2.75, 3.05) is 5.32 Å². The summed E-state index contributed by atoms with van der Waals surface area (Å²) in [6.45, 7) is 1.83. The molecule has 106 valence electrons. The lowest BCUT2D eigenvalue weighted by Gasteiger charge is -2.18. The summed E-state index contributed by atoms with van der Waals surface area (Å²) in [4.78, 5) is 4.62. The van der Waals surface area contributed by atoms with Crippen molar-refractivity contribution in [3.8, 4) is 6.07 Å². The molecule has 0 bridgehead atoms. The van der Waals surface area contributed by atoms with Crippen molar-refractivity contribution < 1.29 is 4.39 Å². The second-order valence-corrected chi connectivity index (χ2v) is 5.39. The molecule has 0 amide bonds. The average Bonchev–Trinajstić information content (AvgIpc) is 2.49. The van der Waals surface area contributed by atoms with Gasteiger partial charge in [-0.1, -0.05) is 0 Å². The molecule has 1 aliphatic carbocycles. The number of nitriles is 1. The Bertz CT molecular complexity index is 732. The highest BCUT2D eigenvalue weighted by molar-refractivity contribution is 5.66. The zero-order valence-electron chi connectivity index (χ0n) is 11.9. The van der Waals surface area contributed by atoms with Crippen LogP contribution < -0.4 is 5.32 Å². The molecule has 0 saturated heterocycles.